The molecule has 8 heteroatoms. The molecule has 0 unspecified atom stereocenters. The van der Waals surface area contributed by atoms with Crippen molar-refractivity contribution in [2.24, 2.45) is 0 Å². The molecule has 0 aliphatic heterocycles. The highest BCUT2D eigenvalue weighted by Crippen LogP contribution is 2.33. The standard InChI is InChI=1S/C14H16F5NO2/c1-12(2,11(22)20-7-13(15,16)8-21)9-4-3-5-10(6-9)14(17,18)19/h3-6,21H,7-8H2,1-2H3,(H,20,22). The number of hydrogen-bond acceptors (Lipinski definition) is 2. The Morgan fingerprint density at radius 2 is 1.68 bits per heavy atom. The Bertz CT molecular complexity index is 540. The topological polar surface area (TPSA) is 49.3 Å². The fourth-order valence-corrected chi connectivity index (χ4v) is 1.70. The molecule has 0 aliphatic rings. The number of aliphatic hydroxyl groups is 1. The SMILES string of the molecule is CC(C)(C(=O)NCC(F)(F)CO)c1cccc(C(F)(F)F)c1. The zero-order valence-electron chi connectivity index (χ0n) is 12.0. The Morgan fingerprint density at radius 3 is 2.18 bits per heavy atom. The number of alkyl halides is 5. The van der Waals surface area contributed by atoms with Crippen LogP contribution in [0.15, 0.2) is 24.3 Å². The van der Waals surface area contributed by atoms with Crippen molar-refractivity contribution in [1.29, 1.82) is 0 Å². The van der Waals surface area contributed by atoms with Crippen LogP contribution in [0.1, 0.15) is 25.0 Å². The van der Waals surface area contributed by atoms with E-state index in [1.165, 1.54) is 19.9 Å². The Morgan fingerprint density at radius 1 is 1.14 bits per heavy atom. The number of benzene rings is 1. The Labute approximate surface area is 124 Å². The predicted octanol–water partition coefficient (Wildman–Crippen LogP) is 2.73. The molecule has 0 bridgehead atoms. The maximum absolute atomic E-state index is 12.9. The van der Waals surface area contributed by atoms with Crippen LogP contribution in [0, 0.1) is 0 Å². The average molecular weight is 325 g/mol. The molecule has 124 valence electrons. The first-order valence-electron chi connectivity index (χ1n) is 6.35. The summed E-state index contributed by atoms with van der Waals surface area (Å²) in [5, 5.41) is 10.4. The number of carbonyl (C=O) groups excluding carboxylic acids is 1. The van der Waals surface area contributed by atoms with Gasteiger partial charge in [0, 0.05) is 0 Å². The molecule has 0 radical (unpaired) electrons. The first kappa shape index (κ1) is 18.3. The van der Waals surface area contributed by atoms with Crippen LogP contribution < -0.4 is 5.32 Å². The molecule has 0 atom stereocenters. The molecule has 0 fully saturated rings. The van der Waals surface area contributed by atoms with E-state index in [-0.39, 0.29) is 5.56 Å². The fourth-order valence-electron chi connectivity index (χ4n) is 1.70. The zero-order chi connectivity index (χ0) is 17.2. The number of nitrogens with one attached hydrogen (secondary N) is 1. The van der Waals surface area contributed by atoms with Crippen molar-refractivity contribution in [3.05, 3.63) is 35.4 Å². The molecule has 2 N–H and O–H groups in total. The van der Waals surface area contributed by atoms with Gasteiger partial charge < -0.3 is 10.4 Å². The molecule has 0 spiro atoms. The Hall–Kier alpha value is -1.70. The number of carbonyl (C=O) groups is 1. The largest absolute Gasteiger partial charge is 0.416 e. The molecular weight excluding hydrogens is 309 g/mol. The van der Waals surface area contributed by atoms with Gasteiger partial charge in [-0.15, -0.1) is 0 Å². The summed E-state index contributed by atoms with van der Waals surface area (Å²) in [4.78, 5) is 12.0. The highest BCUT2D eigenvalue weighted by Gasteiger charge is 2.36. The zero-order valence-corrected chi connectivity index (χ0v) is 12.0. The third-order valence-corrected chi connectivity index (χ3v) is 3.22. The van der Waals surface area contributed by atoms with E-state index in [1.54, 1.807) is 0 Å². The Balaban J connectivity index is 2.96. The van der Waals surface area contributed by atoms with Crippen LogP contribution in [0.3, 0.4) is 0 Å². The molecule has 0 aromatic heterocycles. The molecule has 0 heterocycles. The van der Waals surface area contributed by atoms with E-state index in [0.717, 1.165) is 18.2 Å². The van der Waals surface area contributed by atoms with Gasteiger partial charge in [-0.25, -0.2) is 8.78 Å². The van der Waals surface area contributed by atoms with Crippen molar-refractivity contribution in [2.45, 2.75) is 31.4 Å². The lowest BCUT2D eigenvalue weighted by Gasteiger charge is -2.26. The van der Waals surface area contributed by atoms with Gasteiger partial charge >= 0.3 is 6.18 Å². The second-order valence-corrected chi connectivity index (χ2v) is 5.40. The van der Waals surface area contributed by atoms with Gasteiger partial charge in [-0.3, -0.25) is 4.79 Å². The number of rotatable bonds is 5. The minimum atomic E-state index is -4.56. The van der Waals surface area contributed by atoms with E-state index >= 15 is 0 Å². The van der Waals surface area contributed by atoms with Gasteiger partial charge in [0.15, 0.2) is 0 Å². The van der Waals surface area contributed by atoms with Crippen LogP contribution in [-0.4, -0.2) is 30.1 Å². The predicted molar refractivity (Wildman–Crippen MR) is 69.5 cm³/mol. The summed E-state index contributed by atoms with van der Waals surface area (Å²) in [7, 11) is 0. The molecule has 22 heavy (non-hydrogen) atoms. The number of aliphatic hydroxyl groups excluding tert-OH is 1. The monoisotopic (exact) mass is 325 g/mol. The summed E-state index contributed by atoms with van der Waals surface area (Å²) in [6.07, 6.45) is -4.56. The minimum absolute atomic E-state index is 0.0483. The van der Waals surface area contributed by atoms with Gasteiger partial charge in [0.25, 0.3) is 5.92 Å². The lowest BCUT2D eigenvalue weighted by Crippen LogP contribution is -2.46. The molecule has 3 nitrogen and oxygen atoms in total. The molecule has 1 amide bonds. The third kappa shape index (κ3) is 4.40. The van der Waals surface area contributed by atoms with Gasteiger partial charge in [-0.1, -0.05) is 18.2 Å². The quantitative estimate of drug-likeness (QED) is 0.818. The van der Waals surface area contributed by atoms with Gasteiger partial charge in [0.05, 0.1) is 17.5 Å². The van der Waals surface area contributed by atoms with Crippen LogP contribution in [-0.2, 0) is 16.4 Å². The third-order valence-electron chi connectivity index (χ3n) is 3.22. The summed E-state index contributed by atoms with van der Waals surface area (Å²) < 4.78 is 63.9. The summed E-state index contributed by atoms with van der Waals surface area (Å²) >= 11 is 0. The molecule has 1 rings (SSSR count). The highest BCUT2D eigenvalue weighted by atomic mass is 19.4. The molecule has 0 saturated heterocycles. The van der Waals surface area contributed by atoms with Crippen LogP contribution in [0.2, 0.25) is 0 Å². The van der Waals surface area contributed by atoms with Crippen LogP contribution in [0.5, 0.6) is 0 Å². The molecule has 1 aromatic carbocycles. The van der Waals surface area contributed by atoms with E-state index in [0.29, 0.717) is 0 Å². The van der Waals surface area contributed by atoms with Crippen LogP contribution >= 0.6 is 0 Å². The van der Waals surface area contributed by atoms with E-state index < -0.39 is 42.1 Å². The second-order valence-electron chi connectivity index (χ2n) is 5.40. The number of halogens is 5. The lowest BCUT2D eigenvalue weighted by molar-refractivity contribution is -0.138. The molecular formula is C14H16F5NO2. The summed E-state index contributed by atoms with van der Waals surface area (Å²) in [5.41, 5.74) is -2.31. The average Bonchev–Trinajstić information content (AvgIpc) is 2.44. The van der Waals surface area contributed by atoms with Crippen molar-refractivity contribution >= 4 is 5.91 Å². The maximum atomic E-state index is 12.9. The summed E-state index contributed by atoms with van der Waals surface area (Å²) in [5.74, 6) is -4.35. The van der Waals surface area contributed by atoms with Crippen molar-refractivity contribution in [1.82, 2.24) is 5.32 Å². The highest BCUT2D eigenvalue weighted by molar-refractivity contribution is 5.87. The first-order chi connectivity index (χ1) is 9.90. The number of amides is 1. The fraction of sp³-hybridized carbons (Fsp3) is 0.500. The van der Waals surface area contributed by atoms with Crippen molar-refractivity contribution < 1.29 is 31.9 Å². The van der Waals surface area contributed by atoms with Gasteiger partial charge in [0.2, 0.25) is 5.91 Å². The second kappa shape index (κ2) is 6.20. The van der Waals surface area contributed by atoms with Crippen molar-refractivity contribution in [2.75, 3.05) is 13.2 Å². The van der Waals surface area contributed by atoms with Crippen LogP contribution in [0.4, 0.5) is 22.0 Å². The molecule has 0 saturated carbocycles. The summed E-state index contributed by atoms with van der Waals surface area (Å²) in [6.45, 7) is 0.131. The van der Waals surface area contributed by atoms with Gasteiger partial charge in [-0.2, -0.15) is 13.2 Å². The summed E-state index contributed by atoms with van der Waals surface area (Å²) in [6, 6.07) is 4.13. The lowest BCUT2D eigenvalue weighted by atomic mass is 9.83. The molecule has 0 aliphatic carbocycles. The van der Waals surface area contributed by atoms with Crippen molar-refractivity contribution in [3.8, 4) is 0 Å². The van der Waals surface area contributed by atoms with E-state index in [1.807, 2.05) is 5.32 Å². The van der Waals surface area contributed by atoms with Gasteiger partial charge in [0.1, 0.15) is 6.61 Å². The van der Waals surface area contributed by atoms with E-state index in [4.69, 9.17) is 5.11 Å². The smallest absolute Gasteiger partial charge is 0.390 e. The molecule has 1 aromatic rings. The maximum Gasteiger partial charge on any atom is 0.416 e. The first-order valence-corrected chi connectivity index (χ1v) is 6.35. The van der Waals surface area contributed by atoms with Crippen LogP contribution in [0.25, 0.3) is 0 Å². The number of hydrogen-bond donors (Lipinski definition) is 2. The van der Waals surface area contributed by atoms with Gasteiger partial charge in [-0.05, 0) is 25.5 Å². The van der Waals surface area contributed by atoms with E-state index in [9.17, 15) is 26.7 Å². The minimum Gasteiger partial charge on any atom is -0.390 e. The Kier molecular flexibility index (Phi) is 5.17. The normalized spacial score (nSPS) is 13.1. The van der Waals surface area contributed by atoms with Crippen molar-refractivity contribution in [3.63, 3.8) is 0 Å². The van der Waals surface area contributed by atoms with E-state index in [2.05, 4.69) is 0 Å².